The van der Waals surface area contributed by atoms with Crippen LogP contribution in [0.15, 0.2) is 33.9 Å². The molecule has 0 radical (unpaired) electrons. The third-order valence-electron chi connectivity index (χ3n) is 17.3. The first-order valence-electron chi connectivity index (χ1n) is 19.6. The third kappa shape index (κ3) is 2.63. The summed E-state index contributed by atoms with van der Waals surface area (Å²) in [6.07, 6.45) is 0.755. The van der Waals surface area contributed by atoms with Gasteiger partial charge < -0.3 is 48.1 Å². The number of esters is 2. The first-order chi connectivity index (χ1) is 25.5. The van der Waals surface area contributed by atoms with E-state index in [1.165, 1.54) is 0 Å². The molecule has 14 aliphatic rings. The molecular formula is C40H42O14. The van der Waals surface area contributed by atoms with E-state index in [1.807, 2.05) is 34.6 Å². The van der Waals surface area contributed by atoms with Crippen molar-refractivity contribution in [1.82, 2.24) is 0 Å². The van der Waals surface area contributed by atoms with E-state index in [1.54, 1.807) is 0 Å². The summed E-state index contributed by atoms with van der Waals surface area (Å²) in [5.41, 5.74) is -4.99. The summed E-state index contributed by atoms with van der Waals surface area (Å²) in [5.74, 6) is -0.689. The highest BCUT2D eigenvalue weighted by atomic mass is 16.8. The van der Waals surface area contributed by atoms with Gasteiger partial charge in [-0.25, -0.2) is 9.59 Å². The lowest BCUT2D eigenvalue weighted by molar-refractivity contribution is -0.194. The van der Waals surface area contributed by atoms with Gasteiger partial charge in [-0.2, -0.15) is 0 Å². The van der Waals surface area contributed by atoms with Gasteiger partial charge in [-0.05, 0) is 49.2 Å². The normalized spacial score (nSPS) is 59.8. The van der Waals surface area contributed by atoms with Gasteiger partial charge in [0, 0.05) is 33.1 Å². The largest absolute Gasteiger partial charge is 0.458 e. The van der Waals surface area contributed by atoms with Crippen LogP contribution in [0, 0.1) is 22.7 Å². The van der Waals surface area contributed by atoms with Crippen LogP contribution in [0.4, 0.5) is 0 Å². The maximum Gasteiger partial charge on any atom is 0.334 e. The third-order valence-corrected chi connectivity index (χ3v) is 17.3. The number of cyclic esters (lactones) is 2. The van der Waals surface area contributed by atoms with E-state index in [4.69, 9.17) is 37.9 Å². The molecule has 0 aromatic carbocycles. The topological polar surface area (TPSA) is 202 Å². The Morgan fingerprint density at radius 3 is 1.94 bits per heavy atom. The quantitative estimate of drug-likeness (QED) is 0.294. The Labute approximate surface area is 309 Å². The molecule has 6 aliphatic carbocycles. The summed E-state index contributed by atoms with van der Waals surface area (Å²) >= 11 is 0. The molecule has 6 saturated heterocycles. The molecule has 8 aliphatic heterocycles. The van der Waals surface area contributed by atoms with Gasteiger partial charge in [0.05, 0.1) is 0 Å². The summed E-state index contributed by atoms with van der Waals surface area (Å²) in [6.45, 7) is 12.2. The van der Waals surface area contributed by atoms with Crippen molar-refractivity contribution in [1.29, 1.82) is 0 Å². The predicted molar refractivity (Wildman–Crippen MR) is 175 cm³/mol. The molecule has 3 saturated carbocycles. The van der Waals surface area contributed by atoms with Crippen molar-refractivity contribution in [3.63, 3.8) is 0 Å². The second-order valence-electron chi connectivity index (χ2n) is 19.2. The Balaban J connectivity index is 0.000000116. The van der Waals surface area contributed by atoms with E-state index in [0.717, 1.165) is 23.1 Å². The number of Topliss-reactive ketones (excluding diaryl/α,β-unsaturated/α-hetero) is 2. The number of carbonyl (C=O) groups excluding carboxylic acids is 4. The monoisotopic (exact) mass is 746 g/mol. The van der Waals surface area contributed by atoms with E-state index in [-0.39, 0.29) is 71.9 Å². The van der Waals surface area contributed by atoms with Crippen molar-refractivity contribution in [2.24, 2.45) is 22.7 Å². The van der Waals surface area contributed by atoms with E-state index in [2.05, 4.69) is 13.0 Å². The molecule has 14 heteroatoms. The number of fused-ring (bicyclic) bond motifs is 8. The Morgan fingerprint density at radius 2 is 1.26 bits per heavy atom. The van der Waals surface area contributed by atoms with Gasteiger partial charge in [0.1, 0.15) is 72.7 Å². The Hall–Kier alpha value is -2.82. The highest BCUT2D eigenvalue weighted by Crippen LogP contribution is 2.83. The first kappa shape index (κ1) is 32.3. The fraction of sp³-hybridized carbons (Fsp3) is 0.750. The second kappa shape index (κ2) is 8.40. The van der Waals surface area contributed by atoms with Crippen LogP contribution in [0.5, 0.6) is 0 Å². The fourth-order valence-corrected chi connectivity index (χ4v) is 14.3. The molecule has 4 spiro atoms. The van der Waals surface area contributed by atoms with Gasteiger partial charge in [-0.3, -0.25) is 9.59 Å². The number of aliphatic hydroxyl groups excluding tert-OH is 1. The van der Waals surface area contributed by atoms with Crippen molar-refractivity contribution in [2.45, 2.75) is 149 Å². The van der Waals surface area contributed by atoms with Crippen molar-refractivity contribution in [3.05, 3.63) is 33.9 Å². The minimum absolute atomic E-state index is 0.0429. The van der Waals surface area contributed by atoms with E-state index in [0.29, 0.717) is 37.0 Å². The molecule has 9 fully saturated rings. The molecule has 54 heavy (non-hydrogen) atoms. The lowest BCUT2D eigenvalue weighted by Gasteiger charge is -2.57. The van der Waals surface area contributed by atoms with Crippen molar-refractivity contribution < 1.29 is 67.3 Å². The van der Waals surface area contributed by atoms with Gasteiger partial charge in [0.25, 0.3) is 0 Å². The van der Waals surface area contributed by atoms with Crippen LogP contribution in [0.1, 0.15) is 67.2 Å². The highest BCUT2D eigenvalue weighted by molar-refractivity contribution is 6.07. The van der Waals surface area contributed by atoms with Gasteiger partial charge in [0.15, 0.2) is 22.4 Å². The molecule has 14 nitrogen and oxygen atoms in total. The number of hydrogen-bond donors (Lipinski definition) is 2. The van der Waals surface area contributed by atoms with Gasteiger partial charge >= 0.3 is 11.9 Å². The zero-order valence-corrected chi connectivity index (χ0v) is 30.8. The van der Waals surface area contributed by atoms with Crippen LogP contribution in [0.25, 0.3) is 0 Å². The van der Waals surface area contributed by atoms with Crippen LogP contribution in [-0.4, -0.2) is 129 Å². The van der Waals surface area contributed by atoms with Gasteiger partial charge in [0.2, 0.25) is 11.6 Å². The summed E-state index contributed by atoms with van der Waals surface area (Å²) in [6, 6.07) is 0. The average Bonchev–Trinajstić information content (AvgIpc) is 3.90. The Kier molecular flexibility index (Phi) is 5.02. The smallest absolute Gasteiger partial charge is 0.334 e. The van der Waals surface area contributed by atoms with Crippen LogP contribution < -0.4 is 0 Å². The van der Waals surface area contributed by atoms with Gasteiger partial charge in [-0.15, -0.1) is 0 Å². The van der Waals surface area contributed by atoms with E-state index in [9.17, 15) is 29.4 Å². The number of ether oxygens (including phenoxy) is 8. The standard InChI is InChI=1S/C20H22O8.C20H20O6/c1-7(2)17-12(26-17)13-20(28-13)16(3)5-4-8-9(6-25-14(8)22)18(16,24)10(21)11-19(20,27-11)15(17)23;1-8(2)18-13(25-18)14-20(26-14)17(3)5-4-9-10(7-23-15(9)21)11(17)6-12-19(20,24-12)16(18)22/h7,10-13,21,24H,4-6H2,1-3H3;6,8,12-14H,4-5,7H2,1-3H3/t10-,11-,12-,13-,16-,17-,18-,19+,20+;12-,13-,14-,17-,18-,19+,20+/m00/s1. The molecule has 8 heterocycles. The predicted octanol–water partition coefficient (Wildman–Crippen LogP) is 0.628. The number of carbonyl (C=O) groups is 4. The molecule has 14 rings (SSSR count). The zero-order valence-electron chi connectivity index (χ0n) is 30.8. The number of hydrogen-bond acceptors (Lipinski definition) is 14. The molecule has 0 aromatic rings. The first-order valence-corrected chi connectivity index (χ1v) is 19.6. The highest BCUT2D eigenvalue weighted by Gasteiger charge is 3.04. The minimum atomic E-state index is -1.75. The number of ketones is 2. The maximum absolute atomic E-state index is 13.7. The lowest BCUT2D eigenvalue weighted by atomic mass is 9.44. The minimum Gasteiger partial charge on any atom is -0.458 e. The molecule has 0 aromatic heterocycles. The molecule has 0 amide bonds. The number of epoxide rings is 6. The Bertz CT molecular complexity index is 2150. The van der Waals surface area contributed by atoms with Crippen LogP contribution in [0.2, 0.25) is 0 Å². The molecule has 0 unspecified atom stereocenters. The molecule has 286 valence electrons. The van der Waals surface area contributed by atoms with Crippen LogP contribution in [-0.2, 0) is 57.1 Å². The summed E-state index contributed by atoms with van der Waals surface area (Å²) in [7, 11) is 0. The summed E-state index contributed by atoms with van der Waals surface area (Å²) < 4.78 is 47.3. The van der Waals surface area contributed by atoms with E-state index >= 15 is 0 Å². The van der Waals surface area contributed by atoms with E-state index < -0.39 is 62.8 Å². The molecule has 16 atom stereocenters. The number of aliphatic hydroxyl groups is 2. The molecular weight excluding hydrogens is 704 g/mol. The SMILES string of the molecule is CC(C)[C@]12O[C@H]1[C@@H]1O[C@@]13[C@@]1(C)CCC4=C(COC4=O)C1=C[C@@H]1O[C@@]13C2=O.CC(C)[C@]12O[C@H]1[C@@H]1O[C@@]13[C@@]1(C)CCC4=C(COC4=O)[C@]1(O)[C@@H](O)[C@@H]1O[C@@]13C2=O. The van der Waals surface area contributed by atoms with Crippen LogP contribution >= 0.6 is 0 Å². The number of rotatable bonds is 2. The second-order valence-corrected chi connectivity index (χ2v) is 19.2. The maximum atomic E-state index is 13.7. The summed E-state index contributed by atoms with van der Waals surface area (Å²) in [4.78, 5) is 51.5. The van der Waals surface area contributed by atoms with Crippen molar-refractivity contribution in [2.75, 3.05) is 13.2 Å². The zero-order chi connectivity index (χ0) is 37.5. The lowest BCUT2D eigenvalue weighted by Crippen LogP contribution is -2.77. The van der Waals surface area contributed by atoms with Crippen molar-refractivity contribution in [3.8, 4) is 0 Å². The van der Waals surface area contributed by atoms with Crippen molar-refractivity contribution >= 4 is 23.5 Å². The Morgan fingerprint density at radius 1 is 0.667 bits per heavy atom. The average molecular weight is 747 g/mol. The summed E-state index contributed by atoms with van der Waals surface area (Å²) in [5, 5.41) is 23.2. The molecule has 0 bridgehead atoms. The van der Waals surface area contributed by atoms with Crippen LogP contribution in [0.3, 0.4) is 0 Å². The molecule has 2 N–H and O–H groups in total. The van der Waals surface area contributed by atoms with Gasteiger partial charge in [-0.1, -0.05) is 41.5 Å². The fourth-order valence-electron chi connectivity index (χ4n) is 14.3.